The van der Waals surface area contributed by atoms with Crippen LogP contribution in [0.2, 0.25) is 0 Å². The summed E-state index contributed by atoms with van der Waals surface area (Å²) in [6.07, 6.45) is 4.33. The number of anilines is 1. The van der Waals surface area contributed by atoms with E-state index in [1.165, 1.54) is 4.88 Å². The minimum atomic E-state index is -0.0699. The molecule has 0 aliphatic heterocycles. The normalized spacial score (nSPS) is 11.0. The highest BCUT2D eigenvalue weighted by Crippen LogP contribution is 2.19. The van der Waals surface area contributed by atoms with Crippen LogP contribution in [0.4, 0.5) is 5.82 Å². The monoisotopic (exact) mass is 377 g/mol. The minimum Gasteiger partial charge on any atom is -0.310 e. The molecule has 7 heteroatoms. The van der Waals surface area contributed by atoms with Gasteiger partial charge in [0.2, 0.25) is 5.91 Å². The Kier molecular flexibility index (Phi) is 4.93. The van der Waals surface area contributed by atoms with Crippen LogP contribution in [0.25, 0.3) is 11.2 Å². The Morgan fingerprint density at radius 3 is 2.81 bits per heavy atom. The summed E-state index contributed by atoms with van der Waals surface area (Å²) in [6.45, 7) is 2.64. The molecule has 0 aliphatic rings. The van der Waals surface area contributed by atoms with Crippen LogP contribution in [0.15, 0.2) is 54.2 Å². The summed E-state index contributed by atoms with van der Waals surface area (Å²) >= 11 is 1.70. The van der Waals surface area contributed by atoms with Crippen molar-refractivity contribution in [3.63, 3.8) is 0 Å². The van der Waals surface area contributed by atoms with Crippen molar-refractivity contribution in [1.29, 1.82) is 0 Å². The van der Waals surface area contributed by atoms with Crippen molar-refractivity contribution in [3.05, 3.63) is 70.4 Å². The Morgan fingerprint density at radius 1 is 1.15 bits per heavy atom. The highest BCUT2D eigenvalue weighted by Gasteiger charge is 2.14. The first-order chi connectivity index (χ1) is 13.2. The lowest BCUT2D eigenvalue weighted by Crippen LogP contribution is -2.15. The van der Waals surface area contributed by atoms with Crippen LogP contribution in [0, 0.1) is 6.92 Å². The zero-order chi connectivity index (χ0) is 18.6. The number of thiophene rings is 1. The van der Waals surface area contributed by atoms with Crippen molar-refractivity contribution in [2.75, 3.05) is 5.32 Å². The molecule has 4 aromatic heterocycles. The lowest BCUT2D eigenvalue weighted by atomic mass is 10.2. The number of amides is 1. The number of imidazole rings is 1. The van der Waals surface area contributed by atoms with Crippen LogP contribution >= 0.6 is 11.3 Å². The molecule has 4 heterocycles. The third kappa shape index (κ3) is 3.88. The van der Waals surface area contributed by atoms with Crippen LogP contribution in [0.1, 0.15) is 22.7 Å². The number of nitrogens with zero attached hydrogens (tertiary/aromatic N) is 4. The molecule has 4 rings (SSSR count). The molecule has 0 spiro atoms. The third-order valence-electron chi connectivity index (χ3n) is 4.32. The number of nitrogens with one attached hydrogen (secondary N) is 1. The first-order valence-corrected chi connectivity index (χ1v) is 9.62. The molecule has 0 aliphatic carbocycles. The predicted octanol–water partition coefficient (Wildman–Crippen LogP) is 3.82. The second kappa shape index (κ2) is 7.67. The van der Waals surface area contributed by atoms with Crippen LogP contribution in [-0.4, -0.2) is 25.4 Å². The molecule has 1 N–H and O–H groups in total. The molecule has 0 unspecified atom stereocenters. The number of rotatable bonds is 6. The number of pyridine rings is 2. The van der Waals surface area contributed by atoms with Crippen molar-refractivity contribution in [2.24, 2.45) is 0 Å². The lowest BCUT2D eigenvalue weighted by Gasteiger charge is -2.09. The quantitative estimate of drug-likeness (QED) is 0.554. The topological polar surface area (TPSA) is 72.7 Å². The largest absolute Gasteiger partial charge is 0.310 e. The maximum atomic E-state index is 12.4. The second-order valence-electron chi connectivity index (χ2n) is 6.26. The SMILES string of the molecule is Cc1cccnc1NC(=O)CCc1nc2cccnc2n1Cc1cccs1. The van der Waals surface area contributed by atoms with Gasteiger partial charge in [-0.25, -0.2) is 15.0 Å². The Bertz CT molecular complexity index is 1070. The summed E-state index contributed by atoms with van der Waals surface area (Å²) in [5, 5.41) is 4.94. The van der Waals surface area contributed by atoms with E-state index in [4.69, 9.17) is 4.98 Å². The maximum absolute atomic E-state index is 12.4. The molecule has 0 fully saturated rings. The van der Waals surface area contributed by atoms with E-state index >= 15 is 0 Å². The molecule has 0 saturated heterocycles. The van der Waals surface area contributed by atoms with Gasteiger partial charge in [0.15, 0.2) is 5.65 Å². The fraction of sp³-hybridized carbons (Fsp3) is 0.200. The van der Waals surface area contributed by atoms with Gasteiger partial charge >= 0.3 is 0 Å². The number of carbonyl (C=O) groups excluding carboxylic acids is 1. The van der Waals surface area contributed by atoms with Crippen LogP contribution in [-0.2, 0) is 17.8 Å². The summed E-state index contributed by atoms with van der Waals surface area (Å²) in [5.41, 5.74) is 2.65. The highest BCUT2D eigenvalue weighted by atomic mass is 32.1. The predicted molar refractivity (Wildman–Crippen MR) is 107 cm³/mol. The molecule has 136 valence electrons. The highest BCUT2D eigenvalue weighted by molar-refractivity contribution is 7.09. The zero-order valence-electron chi connectivity index (χ0n) is 14.9. The van der Waals surface area contributed by atoms with Gasteiger partial charge in [-0.2, -0.15) is 0 Å². The number of fused-ring (bicyclic) bond motifs is 1. The first kappa shape index (κ1) is 17.4. The van der Waals surface area contributed by atoms with E-state index < -0.39 is 0 Å². The molecule has 0 bridgehead atoms. The van der Waals surface area contributed by atoms with Gasteiger partial charge in [0, 0.05) is 30.1 Å². The molecule has 0 aromatic carbocycles. The first-order valence-electron chi connectivity index (χ1n) is 8.74. The fourth-order valence-corrected chi connectivity index (χ4v) is 3.65. The summed E-state index contributed by atoms with van der Waals surface area (Å²) in [5.74, 6) is 1.40. The fourth-order valence-electron chi connectivity index (χ4n) is 2.96. The van der Waals surface area contributed by atoms with E-state index in [1.54, 1.807) is 23.7 Å². The third-order valence-corrected chi connectivity index (χ3v) is 5.18. The average Bonchev–Trinajstić information content (AvgIpc) is 3.31. The minimum absolute atomic E-state index is 0.0699. The van der Waals surface area contributed by atoms with Crippen molar-refractivity contribution < 1.29 is 4.79 Å². The van der Waals surface area contributed by atoms with Gasteiger partial charge in [0.25, 0.3) is 0 Å². The average molecular weight is 377 g/mol. The Morgan fingerprint density at radius 2 is 2.00 bits per heavy atom. The number of hydrogen-bond acceptors (Lipinski definition) is 5. The van der Waals surface area contributed by atoms with Crippen molar-refractivity contribution in [2.45, 2.75) is 26.3 Å². The van der Waals surface area contributed by atoms with Crippen LogP contribution < -0.4 is 5.32 Å². The summed E-state index contributed by atoms with van der Waals surface area (Å²) < 4.78 is 2.10. The van der Waals surface area contributed by atoms with E-state index in [-0.39, 0.29) is 5.91 Å². The summed E-state index contributed by atoms with van der Waals surface area (Å²) in [6, 6.07) is 11.7. The molecule has 1 amide bonds. The number of aryl methyl sites for hydroxylation is 2. The van der Waals surface area contributed by atoms with Gasteiger partial charge in [-0.15, -0.1) is 11.3 Å². The van der Waals surface area contributed by atoms with Crippen molar-refractivity contribution in [3.8, 4) is 0 Å². The summed E-state index contributed by atoms with van der Waals surface area (Å²) in [7, 11) is 0. The zero-order valence-corrected chi connectivity index (χ0v) is 15.7. The van der Waals surface area contributed by atoms with E-state index in [9.17, 15) is 4.79 Å². The van der Waals surface area contributed by atoms with Crippen molar-refractivity contribution in [1.82, 2.24) is 19.5 Å². The molecule has 0 atom stereocenters. The Hall–Kier alpha value is -3.06. The lowest BCUT2D eigenvalue weighted by molar-refractivity contribution is -0.116. The second-order valence-corrected chi connectivity index (χ2v) is 7.29. The van der Waals surface area contributed by atoms with Gasteiger partial charge < -0.3 is 9.88 Å². The molecule has 27 heavy (non-hydrogen) atoms. The number of hydrogen-bond donors (Lipinski definition) is 1. The van der Waals surface area contributed by atoms with Gasteiger partial charge in [-0.1, -0.05) is 12.1 Å². The van der Waals surface area contributed by atoms with E-state index in [0.29, 0.717) is 25.2 Å². The molecule has 0 radical (unpaired) electrons. The number of aromatic nitrogens is 4. The van der Waals surface area contributed by atoms with Crippen molar-refractivity contribution >= 4 is 34.2 Å². The van der Waals surface area contributed by atoms with Gasteiger partial charge in [0.1, 0.15) is 17.2 Å². The molecule has 0 saturated carbocycles. The van der Waals surface area contributed by atoms with Gasteiger partial charge in [-0.05, 0) is 42.1 Å². The Balaban J connectivity index is 1.53. The standard InChI is InChI=1S/C20H19N5OS/c1-14-5-2-10-21-19(14)24-18(26)9-8-17-23-16-7-3-11-22-20(16)25(17)13-15-6-4-12-27-15/h2-7,10-12H,8-9,13H2,1H3,(H,21,24,26). The molecule has 6 nitrogen and oxygen atoms in total. The van der Waals surface area contributed by atoms with E-state index in [1.807, 2.05) is 37.3 Å². The van der Waals surface area contributed by atoms with Gasteiger partial charge in [0.05, 0.1) is 6.54 Å². The number of carbonyl (C=O) groups is 1. The molecular formula is C20H19N5OS. The maximum Gasteiger partial charge on any atom is 0.225 e. The van der Waals surface area contributed by atoms with Gasteiger partial charge in [-0.3, -0.25) is 4.79 Å². The van der Waals surface area contributed by atoms with E-state index in [2.05, 4.69) is 31.3 Å². The molecule has 4 aromatic rings. The Labute approximate surface area is 160 Å². The smallest absolute Gasteiger partial charge is 0.225 e. The van der Waals surface area contributed by atoms with Crippen LogP contribution in [0.3, 0.4) is 0 Å². The van der Waals surface area contributed by atoms with E-state index in [0.717, 1.165) is 22.6 Å². The van der Waals surface area contributed by atoms with Crippen LogP contribution in [0.5, 0.6) is 0 Å². The summed E-state index contributed by atoms with van der Waals surface area (Å²) in [4.78, 5) is 27.0. The molecular weight excluding hydrogens is 358 g/mol.